The zero-order valence-corrected chi connectivity index (χ0v) is 15.0. The van der Waals surface area contributed by atoms with Gasteiger partial charge in [0.2, 0.25) is 5.91 Å². The van der Waals surface area contributed by atoms with E-state index in [2.05, 4.69) is 17.1 Å². The van der Waals surface area contributed by atoms with Gasteiger partial charge in [0.25, 0.3) is 5.91 Å². The first-order chi connectivity index (χ1) is 12.1. The van der Waals surface area contributed by atoms with Crippen LogP contribution in [0.5, 0.6) is 5.75 Å². The van der Waals surface area contributed by atoms with Gasteiger partial charge in [-0.3, -0.25) is 14.5 Å². The second-order valence-electron chi connectivity index (χ2n) is 6.97. The second kappa shape index (κ2) is 7.87. The van der Waals surface area contributed by atoms with Crippen LogP contribution in [-0.2, 0) is 4.79 Å². The number of hydrogen-bond acceptors (Lipinski definition) is 4. The normalized spacial score (nSPS) is 23.2. The zero-order valence-electron chi connectivity index (χ0n) is 15.0. The molecule has 0 spiro atoms. The molecule has 2 amide bonds. The number of carbonyl (C=O) groups is 2. The van der Waals surface area contributed by atoms with Gasteiger partial charge in [0.15, 0.2) is 0 Å². The maximum absolute atomic E-state index is 12.2. The average molecular weight is 345 g/mol. The monoisotopic (exact) mass is 345 g/mol. The summed E-state index contributed by atoms with van der Waals surface area (Å²) in [5, 5.41) is 2.95. The van der Waals surface area contributed by atoms with Crippen LogP contribution in [0.1, 0.15) is 23.7 Å². The lowest BCUT2D eigenvalue weighted by molar-refractivity contribution is -0.134. The van der Waals surface area contributed by atoms with Gasteiger partial charge in [-0.2, -0.15) is 0 Å². The van der Waals surface area contributed by atoms with E-state index < -0.39 is 0 Å². The Morgan fingerprint density at radius 3 is 2.36 bits per heavy atom. The summed E-state index contributed by atoms with van der Waals surface area (Å²) in [6, 6.07) is 7.09. The molecule has 1 aromatic rings. The van der Waals surface area contributed by atoms with E-state index in [0.717, 1.165) is 44.9 Å². The van der Waals surface area contributed by atoms with Crippen molar-refractivity contribution in [1.29, 1.82) is 0 Å². The van der Waals surface area contributed by atoms with E-state index in [1.807, 2.05) is 4.90 Å². The predicted molar refractivity (Wildman–Crippen MR) is 95.6 cm³/mol. The van der Waals surface area contributed by atoms with Crippen LogP contribution in [0.2, 0.25) is 0 Å². The number of rotatable bonds is 6. The SMILES string of the molecule is COc1ccc(C(=O)NCCN2CCN(C(=O)[C@H]3C[C@@H]3C)CC2)cc1. The number of methoxy groups -OCH3 is 1. The summed E-state index contributed by atoms with van der Waals surface area (Å²) in [6.45, 7) is 6.92. The van der Waals surface area contributed by atoms with Crippen molar-refractivity contribution in [3.8, 4) is 5.75 Å². The number of ether oxygens (including phenoxy) is 1. The topological polar surface area (TPSA) is 61.9 Å². The minimum atomic E-state index is -0.0702. The number of carbonyl (C=O) groups excluding carboxylic acids is 2. The van der Waals surface area contributed by atoms with Crippen LogP contribution in [0, 0.1) is 11.8 Å². The fraction of sp³-hybridized carbons (Fsp3) is 0.579. The third-order valence-corrected chi connectivity index (χ3v) is 5.18. The Hall–Kier alpha value is -2.08. The van der Waals surface area contributed by atoms with Crippen LogP contribution in [0.3, 0.4) is 0 Å². The number of amides is 2. The molecule has 1 aliphatic carbocycles. The molecule has 1 aromatic carbocycles. The first-order valence-corrected chi connectivity index (χ1v) is 9.02. The Kier molecular flexibility index (Phi) is 5.58. The molecule has 0 aromatic heterocycles. The van der Waals surface area contributed by atoms with Crippen LogP contribution in [0.4, 0.5) is 0 Å². The number of piperazine rings is 1. The van der Waals surface area contributed by atoms with E-state index in [1.165, 1.54) is 0 Å². The summed E-state index contributed by atoms with van der Waals surface area (Å²) in [4.78, 5) is 28.6. The van der Waals surface area contributed by atoms with Crippen LogP contribution >= 0.6 is 0 Å². The summed E-state index contributed by atoms with van der Waals surface area (Å²) >= 11 is 0. The van der Waals surface area contributed by atoms with Gasteiger partial charge in [0.1, 0.15) is 5.75 Å². The second-order valence-corrected chi connectivity index (χ2v) is 6.97. The maximum Gasteiger partial charge on any atom is 0.251 e. The van der Waals surface area contributed by atoms with Gasteiger partial charge in [-0.05, 0) is 36.6 Å². The van der Waals surface area contributed by atoms with Gasteiger partial charge in [-0.1, -0.05) is 6.92 Å². The molecule has 1 saturated carbocycles. The summed E-state index contributed by atoms with van der Waals surface area (Å²) in [5.74, 6) is 1.85. The van der Waals surface area contributed by atoms with Crippen molar-refractivity contribution < 1.29 is 14.3 Å². The standard InChI is InChI=1S/C19H27N3O3/c1-14-13-17(14)19(24)22-11-9-21(10-12-22)8-7-20-18(23)15-3-5-16(25-2)6-4-15/h3-6,14,17H,7-13H2,1-2H3,(H,20,23)/t14-,17-/m0/s1. The Bertz CT molecular complexity index is 609. The van der Waals surface area contributed by atoms with Gasteiger partial charge in [0, 0.05) is 50.7 Å². The minimum absolute atomic E-state index is 0.0702. The van der Waals surface area contributed by atoms with Gasteiger partial charge < -0.3 is 15.0 Å². The molecule has 1 aliphatic heterocycles. The lowest BCUT2D eigenvalue weighted by atomic mass is 10.2. The Balaban J connectivity index is 1.35. The molecule has 1 heterocycles. The van der Waals surface area contributed by atoms with Crippen molar-refractivity contribution in [3.63, 3.8) is 0 Å². The number of hydrogen-bond donors (Lipinski definition) is 1. The molecule has 0 unspecified atom stereocenters. The average Bonchev–Trinajstić information content (AvgIpc) is 3.38. The maximum atomic E-state index is 12.2. The van der Waals surface area contributed by atoms with Gasteiger partial charge in [-0.15, -0.1) is 0 Å². The molecular weight excluding hydrogens is 318 g/mol. The molecule has 1 saturated heterocycles. The highest BCUT2D eigenvalue weighted by molar-refractivity contribution is 5.94. The smallest absolute Gasteiger partial charge is 0.251 e. The first-order valence-electron chi connectivity index (χ1n) is 9.02. The number of nitrogens with zero attached hydrogens (tertiary/aromatic N) is 2. The van der Waals surface area contributed by atoms with E-state index in [4.69, 9.17) is 4.74 Å². The largest absolute Gasteiger partial charge is 0.497 e. The fourth-order valence-electron chi connectivity index (χ4n) is 3.26. The third kappa shape index (κ3) is 4.51. The van der Waals surface area contributed by atoms with Crippen LogP contribution in [0.15, 0.2) is 24.3 Å². The lowest BCUT2D eigenvalue weighted by Gasteiger charge is -2.35. The van der Waals surface area contributed by atoms with Gasteiger partial charge in [-0.25, -0.2) is 0 Å². The Labute approximate surface area is 149 Å². The van der Waals surface area contributed by atoms with E-state index in [0.29, 0.717) is 23.9 Å². The molecule has 0 bridgehead atoms. The van der Waals surface area contributed by atoms with E-state index in [-0.39, 0.29) is 11.8 Å². The van der Waals surface area contributed by atoms with Crippen LogP contribution in [0.25, 0.3) is 0 Å². The van der Waals surface area contributed by atoms with Crippen LogP contribution < -0.4 is 10.1 Å². The van der Waals surface area contributed by atoms with E-state index in [1.54, 1.807) is 31.4 Å². The molecule has 25 heavy (non-hydrogen) atoms. The van der Waals surface area contributed by atoms with Gasteiger partial charge >= 0.3 is 0 Å². The van der Waals surface area contributed by atoms with Crippen molar-refractivity contribution in [1.82, 2.24) is 15.1 Å². The Morgan fingerprint density at radius 1 is 1.16 bits per heavy atom. The molecule has 2 atom stereocenters. The molecule has 136 valence electrons. The highest BCUT2D eigenvalue weighted by Gasteiger charge is 2.41. The van der Waals surface area contributed by atoms with Crippen molar-refractivity contribution in [2.75, 3.05) is 46.4 Å². The Morgan fingerprint density at radius 2 is 1.80 bits per heavy atom. The van der Waals surface area contributed by atoms with E-state index >= 15 is 0 Å². The molecule has 2 fully saturated rings. The van der Waals surface area contributed by atoms with Gasteiger partial charge in [0.05, 0.1) is 7.11 Å². The minimum Gasteiger partial charge on any atom is -0.497 e. The van der Waals surface area contributed by atoms with Crippen molar-refractivity contribution in [3.05, 3.63) is 29.8 Å². The summed E-state index contributed by atoms with van der Waals surface area (Å²) in [5.41, 5.74) is 0.634. The summed E-state index contributed by atoms with van der Waals surface area (Å²) in [6.07, 6.45) is 1.05. The van der Waals surface area contributed by atoms with Crippen molar-refractivity contribution in [2.45, 2.75) is 13.3 Å². The van der Waals surface area contributed by atoms with E-state index in [9.17, 15) is 9.59 Å². The zero-order chi connectivity index (χ0) is 17.8. The molecule has 3 rings (SSSR count). The first kappa shape index (κ1) is 17.7. The summed E-state index contributed by atoms with van der Waals surface area (Å²) in [7, 11) is 1.60. The molecule has 0 radical (unpaired) electrons. The number of nitrogens with one attached hydrogen (secondary N) is 1. The van der Waals surface area contributed by atoms with Crippen molar-refractivity contribution in [2.24, 2.45) is 11.8 Å². The molecule has 6 nitrogen and oxygen atoms in total. The quantitative estimate of drug-likeness (QED) is 0.842. The molecule has 1 N–H and O–H groups in total. The molecule has 2 aliphatic rings. The summed E-state index contributed by atoms with van der Waals surface area (Å²) < 4.78 is 5.09. The molecule has 6 heteroatoms. The highest BCUT2D eigenvalue weighted by Crippen LogP contribution is 2.39. The fourth-order valence-corrected chi connectivity index (χ4v) is 3.26. The number of benzene rings is 1. The van der Waals surface area contributed by atoms with Crippen LogP contribution in [-0.4, -0.2) is 68.0 Å². The molecular formula is C19H27N3O3. The highest BCUT2D eigenvalue weighted by atomic mass is 16.5. The van der Waals surface area contributed by atoms with Crippen molar-refractivity contribution >= 4 is 11.8 Å². The predicted octanol–water partition coefficient (Wildman–Crippen LogP) is 1.23. The third-order valence-electron chi connectivity index (χ3n) is 5.18. The lowest BCUT2D eigenvalue weighted by Crippen LogP contribution is -2.50.